The highest BCUT2D eigenvalue weighted by molar-refractivity contribution is 5.85. The summed E-state index contributed by atoms with van der Waals surface area (Å²) in [5, 5.41) is 62.1. The van der Waals surface area contributed by atoms with Crippen LogP contribution in [-0.4, -0.2) is 125 Å². The van der Waals surface area contributed by atoms with Crippen molar-refractivity contribution < 1.29 is 24.2 Å². The lowest BCUT2D eigenvalue weighted by molar-refractivity contribution is 0.0488. The number of H-pyrrole nitrogens is 1. The first-order valence-corrected chi connectivity index (χ1v) is 27.7. The monoisotopic (exact) mass is 1040 g/mol. The van der Waals surface area contributed by atoms with Gasteiger partial charge in [0.05, 0.1) is 46.7 Å². The van der Waals surface area contributed by atoms with Crippen LogP contribution in [0.1, 0.15) is 104 Å². The van der Waals surface area contributed by atoms with Gasteiger partial charge in [0.2, 0.25) is 0 Å². The van der Waals surface area contributed by atoms with Crippen molar-refractivity contribution >= 4 is 32.8 Å². The SMILES string of the molecule is CCN1CCCC(C(O)c2cc(C)c(-c3ccc4cc[nH]c4c3)nn2)C1.CCN1CCCC(C(O)c2cc(C)c(-c3ccc4ccoc4c3)nn2)C1.Cc1cc(C(O)C2CCCN(C)C2)nnc1-c1ccc2ccoc2c1. The summed E-state index contributed by atoms with van der Waals surface area (Å²) in [4.78, 5) is 10.3. The lowest BCUT2D eigenvalue weighted by Gasteiger charge is -2.34. The zero-order valence-corrected chi connectivity index (χ0v) is 45.4. The largest absolute Gasteiger partial charge is 0.464 e. The van der Waals surface area contributed by atoms with Crippen molar-refractivity contribution in [1.29, 1.82) is 0 Å². The Morgan fingerprint density at radius 3 is 1.35 bits per heavy atom. The number of aromatic amines is 1. The fourth-order valence-electron chi connectivity index (χ4n) is 11.7. The van der Waals surface area contributed by atoms with Crippen LogP contribution in [0.3, 0.4) is 0 Å². The van der Waals surface area contributed by atoms with Crippen LogP contribution in [0.25, 0.3) is 66.6 Å². The molecule has 12 rings (SSSR count). The maximum Gasteiger partial charge on any atom is 0.134 e. The molecule has 9 heterocycles. The molecule has 0 spiro atoms. The van der Waals surface area contributed by atoms with Crippen LogP contribution in [0.15, 0.2) is 119 Å². The van der Waals surface area contributed by atoms with E-state index in [0.29, 0.717) is 17.1 Å². The standard InChI is InChI=1S/C21H26N4O.C21H25N3O2.C20H23N3O2/c1-3-25-10-4-5-17(13-25)21(26)19-11-14(2)20(24-23-19)16-7-6-15-8-9-22-18(15)12-16;1-3-24-9-4-5-17(13-24)21(25)18-11-14(2)20(23-22-18)16-7-6-15-8-10-26-19(15)12-16;1-13-10-17(20(24)16-4-3-8-23(2)12-16)21-22-19(13)15-6-5-14-7-9-25-18(14)11-15/h6-9,11-12,17,21-22,26H,3-5,10,13H2,1-2H3;6-8,10-12,17,21,25H,3-5,9,13H2,1-2H3;5-7,9-11,16,20,24H,3-4,8,12H2,1-2H3. The molecule has 6 aromatic heterocycles. The van der Waals surface area contributed by atoms with Gasteiger partial charge in [0, 0.05) is 76.6 Å². The number of benzene rings is 3. The van der Waals surface area contributed by atoms with E-state index >= 15 is 0 Å². The zero-order chi connectivity index (χ0) is 53.6. The summed E-state index contributed by atoms with van der Waals surface area (Å²) in [6.07, 6.45) is 10.1. The highest BCUT2D eigenvalue weighted by atomic mass is 16.3. The second kappa shape index (κ2) is 24.3. The third-order valence-corrected chi connectivity index (χ3v) is 16.2. The van der Waals surface area contributed by atoms with Crippen LogP contribution in [0.5, 0.6) is 0 Å². The molecule has 0 saturated carbocycles. The minimum atomic E-state index is -0.560. The van der Waals surface area contributed by atoms with E-state index in [-0.39, 0.29) is 17.8 Å². The Morgan fingerprint density at radius 2 is 0.922 bits per heavy atom. The highest BCUT2D eigenvalue weighted by Crippen LogP contribution is 2.35. The molecule has 6 unspecified atom stereocenters. The first-order chi connectivity index (χ1) is 37.4. The molecule has 0 radical (unpaired) electrons. The molecule has 0 amide bonds. The second-order valence-electron chi connectivity index (χ2n) is 21.6. The topological polar surface area (TPSA) is 190 Å². The van der Waals surface area contributed by atoms with Crippen LogP contribution in [0.2, 0.25) is 0 Å². The summed E-state index contributed by atoms with van der Waals surface area (Å²) >= 11 is 0. The van der Waals surface area contributed by atoms with Gasteiger partial charge in [0.1, 0.15) is 29.5 Å². The number of nitrogens with zero attached hydrogens (tertiary/aromatic N) is 9. The van der Waals surface area contributed by atoms with Gasteiger partial charge >= 0.3 is 0 Å². The molecule has 402 valence electrons. The number of aryl methyl sites for hydroxylation is 3. The molecule has 3 aliphatic heterocycles. The van der Waals surface area contributed by atoms with Gasteiger partial charge in [-0.3, -0.25) is 0 Å². The summed E-state index contributed by atoms with van der Waals surface area (Å²) < 4.78 is 11.0. The predicted octanol–water partition coefficient (Wildman–Crippen LogP) is 11.2. The van der Waals surface area contributed by atoms with Crippen LogP contribution < -0.4 is 0 Å². The molecule has 15 heteroatoms. The average molecular weight is 1040 g/mol. The van der Waals surface area contributed by atoms with Crippen molar-refractivity contribution in [2.45, 2.75) is 91.5 Å². The van der Waals surface area contributed by atoms with E-state index in [0.717, 1.165) is 169 Å². The van der Waals surface area contributed by atoms with E-state index in [2.05, 4.69) is 95.4 Å². The van der Waals surface area contributed by atoms with Crippen LogP contribution in [0, 0.1) is 38.5 Å². The number of hydrogen-bond acceptors (Lipinski definition) is 14. The van der Waals surface area contributed by atoms with Crippen LogP contribution in [0.4, 0.5) is 0 Å². The molecular formula is C62H74N10O5. The number of likely N-dealkylation sites (tertiary alicyclic amines) is 3. The Kier molecular flexibility index (Phi) is 16.9. The van der Waals surface area contributed by atoms with Gasteiger partial charge in [0.15, 0.2) is 0 Å². The Labute approximate surface area is 451 Å². The van der Waals surface area contributed by atoms with E-state index in [1.807, 2.05) is 93.7 Å². The Balaban J connectivity index is 0.000000131. The van der Waals surface area contributed by atoms with Gasteiger partial charge in [-0.2, -0.15) is 15.3 Å². The van der Waals surface area contributed by atoms with Crippen molar-refractivity contribution in [3.63, 3.8) is 0 Å². The van der Waals surface area contributed by atoms with E-state index in [4.69, 9.17) is 8.83 Å². The predicted molar refractivity (Wildman–Crippen MR) is 303 cm³/mol. The number of furan rings is 2. The maximum absolute atomic E-state index is 10.8. The Morgan fingerprint density at radius 1 is 0.506 bits per heavy atom. The fraction of sp³-hybridized carbons (Fsp3) is 0.419. The number of rotatable bonds is 11. The molecule has 3 aliphatic rings. The van der Waals surface area contributed by atoms with Gasteiger partial charge in [-0.25, -0.2) is 0 Å². The third kappa shape index (κ3) is 12.4. The third-order valence-electron chi connectivity index (χ3n) is 16.2. The van der Waals surface area contributed by atoms with Crippen molar-refractivity contribution in [3.05, 3.63) is 143 Å². The molecule has 15 nitrogen and oxygen atoms in total. The van der Waals surface area contributed by atoms with E-state index < -0.39 is 18.3 Å². The quantitative estimate of drug-likeness (QED) is 0.0957. The maximum atomic E-state index is 10.8. The Hall–Kier alpha value is -6.72. The number of aromatic nitrogens is 7. The molecule has 3 fully saturated rings. The molecule has 0 bridgehead atoms. The molecule has 77 heavy (non-hydrogen) atoms. The van der Waals surface area contributed by atoms with E-state index in [9.17, 15) is 15.3 Å². The minimum Gasteiger partial charge on any atom is -0.464 e. The lowest BCUT2D eigenvalue weighted by atomic mass is 9.90. The van der Waals surface area contributed by atoms with E-state index in [1.54, 1.807) is 12.5 Å². The first-order valence-electron chi connectivity index (χ1n) is 27.7. The number of fused-ring (bicyclic) bond motifs is 3. The van der Waals surface area contributed by atoms with Crippen molar-refractivity contribution in [2.75, 3.05) is 59.4 Å². The van der Waals surface area contributed by atoms with Gasteiger partial charge in [-0.15, -0.1) is 15.3 Å². The summed E-state index contributed by atoms with van der Waals surface area (Å²) in [6, 6.07) is 30.2. The van der Waals surface area contributed by atoms with Crippen molar-refractivity contribution in [3.8, 4) is 33.8 Å². The molecule has 6 atom stereocenters. The number of aliphatic hydroxyl groups excluding tert-OH is 3. The molecule has 4 N–H and O–H groups in total. The number of hydrogen-bond donors (Lipinski definition) is 4. The number of nitrogens with one attached hydrogen (secondary N) is 1. The summed E-state index contributed by atoms with van der Waals surface area (Å²) in [6.45, 7) is 18.6. The Bertz CT molecular complexity index is 3260. The zero-order valence-electron chi connectivity index (χ0n) is 45.4. The molecule has 9 aromatic rings. The normalized spacial score (nSPS) is 19.8. The van der Waals surface area contributed by atoms with Gasteiger partial charge in [-0.05, 0) is 176 Å². The highest BCUT2D eigenvalue weighted by Gasteiger charge is 2.30. The van der Waals surface area contributed by atoms with Gasteiger partial charge in [-0.1, -0.05) is 50.2 Å². The summed E-state index contributed by atoms with van der Waals surface area (Å²) in [5.74, 6) is 0.680. The van der Waals surface area contributed by atoms with Crippen molar-refractivity contribution in [2.24, 2.45) is 17.8 Å². The van der Waals surface area contributed by atoms with Gasteiger partial charge < -0.3 is 43.8 Å². The average Bonchev–Trinajstić information content (AvgIpc) is 4.28. The minimum absolute atomic E-state index is 0.220. The lowest BCUT2D eigenvalue weighted by Crippen LogP contribution is -2.37. The smallest absolute Gasteiger partial charge is 0.134 e. The van der Waals surface area contributed by atoms with Crippen LogP contribution in [-0.2, 0) is 0 Å². The van der Waals surface area contributed by atoms with E-state index in [1.165, 1.54) is 5.39 Å². The van der Waals surface area contributed by atoms with Crippen LogP contribution >= 0.6 is 0 Å². The molecule has 3 saturated heterocycles. The van der Waals surface area contributed by atoms with Gasteiger partial charge in [0.25, 0.3) is 0 Å². The first kappa shape index (κ1) is 53.7. The number of aliphatic hydroxyl groups is 3. The molecule has 0 aliphatic carbocycles. The number of piperidine rings is 3. The van der Waals surface area contributed by atoms with Crippen molar-refractivity contribution in [1.82, 2.24) is 50.3 Å². The molecular weight excluding hydrogens is 965 g/mol. The second-order valence-corrected chi connectivity index (χ2v) is 21.6. The molecule has 3 aromatic carbocycles. The summed E-state index contributed by atoms with van der Waals surface area (Å²) in [7, 11) is 2.10. The summed E-state index contributed by atoms with van der Waals surface area (Å²) in [5.41, 5.74) is 13.4. The fourth-order valence-corrected chi connectivity index (χ4v) is 11.7.